The number of rotatable bonds is 7. The third kappa shape index (κ3) is 5.80. The van der Waals surface area contributed by atoms with Gasteiger partial charge in [0.05, 0.1) is 24.1 Å². The number of carbonyl (C=O) groups excluding carboxylic acids is 3. The Balaban J connectivity index is 1.55. The molecule has 2 aromatic carbocycles. The predicted octanol–water partition coefficient (Wildman–Crippen LogP) is 2.51. The summed E-state index contributed by atoms with van der Waals surface area (Å²) in [7, 11) is 0. The van der Waals surface area contributed by atoms with Crippen LogP contribution in [0.15, 0.2) is 77.4 Å². The first-order valence-electron chi connectivity index (χ1n) is 9.16. The van der Waals surface area contributed by atoms with Crippen LogP contribution in [0.25, 0.3) is 0 Å². The lowest BCUT2D eigenvalue weighted by Crippen LogP contribution is -2.35. The molecule has 3 aromatic rings. The number of nitrogens with one attached hydrogen (secondary N) is 3. The molecule has 29 heavy (non-hydrogen) atoms. The summed E-state index contributed by atoms with van der Waals surface area (Å²) >= 11 is 0. The minimum absolute atomic E-state index is 0.0981. The second-order valence-electron chi connectivity index (χ2n) is 6.25. The third-order valence-corrected chi connectivity index (χ3v) is 4.17. The van der Waals surface area contributed by atoms with E-state index >= 15 is 0 Å². The number of para-hydroxylation sites is 1. The Morgan fingerprint density at radius 3 is 2.31 bits per heavy atom. The van der Waals surface area contributed by atoms with Crippen molar-refractivity contribution < 1.29 is 18.8 Å². The smallest absolute Gasteiger partial charge is 0.313 e. The molecule has 148 valence electrons. The maximum atomic E-state index is 12.5. The van der Waals surface area contributed by atoms with Gasteiger partial charge in [0.25, 0.3) is 5.91 Å². The summed E-state index contributed by atoms with van der Waals surface area (Å²) in [5.41, 5.74) is 1.67. The molecule has 3 N–H and O–H groups in total. The van der Waals surface area contributed by atoms with Gasteiger partial charge in [-0.1, -0.05) is 42.5 Å². The van der Waals surface area contributed by atoms with E-state index in [0.29, 0.717) is 18.7 Å². The zero-order valence-electron chi connectivity index (χ0n) is 15.7. The molecule has 7 nitrogen and oxygen atoms in total. The van der Waals surface area contributed by atoms with Gasteiger partial charge >= 0.3 is 11.8 Å². The van der Waals surface area contributed by atoms with Crippen LogP contribution >= 0.6 is 0 Å². The van der Waals surface area contributed by atoms with Crippen molar-refractivity contribution in [2.75, 3.05) is 11.9 Å². The fraction of sp³-hybridized carbons (Fsp3) is 0.136. The van der Waals surface area contributed by atoms with Crippen LogP contribution in [0.2, 0.25) is 0 Å². The van der Waals surface area contributed by atoms with Crippen LogP contribution in [0.5, 0.6) is 0 Å². The Morgan fingerprint density at radius 1 is 0.793 bits per heavy atom. The predicted molar refractivity (Wildman–Crippen MR) is 108 cm³/mol. The number of hydrogen-bond donors (Lipinski definition) is 3. The van der Waals surface area contributed by atoms with E-state index in [2.05, 4.69) is 16.0 Å². The second-order valence-corrected chi connectivity index (χ2v) is 6.25. The molecule has 0 unspecified atom stereocenters. The van der Waals surface area contributed by atoms with E-state index in [-0.39, 0.29) is 23.7 Å². The van der Waals surface area contributed by atoms with Gasteiger partial charge in [0.15, 0.2) is 0 Å². The van der Waals surface area contributed by atoms with Gasteiger partial charge < -0.3 is 20.4 Å². The molecule has 0 saturated heterocycles. The van der Waals surface area contributed by atoms with Crippen molar-refractivity contribution in [1.82, 2.24) is 10.6 Å². The van der Waals surface area contributed by atoms with Crippen molar-refractivity contribution >= 4 is 23.4 Å². The molecule has 3 rings (SSSR count). The highest BCUT2D eigenvalue weighted by atomic mass is 16.3. The first-order chi connectivity index (χ1) is 14.1. The third-order valence-electron chi connectivity index (χ3n) is 4.17. The largest absolute Gasteiger partial charge is 0.467 e. The van der Waals surface area contributed by atoms with Crippen molar-refractivity contribution in [3.8, 4) is 0 Å². The van der Waals surface area contributed by atoms with Crippen LogP contribution in [-0.4, -0.2) is 24.3 Å². The topological polar surface area (TPSA) is 100 Å². The number of furan rings is 1. The number of benzene rings is 2. The van der Waals surface area contributed by atoms with Crippen molar-refractivity contribution in [2.24, 2.45) is 0 Å². The standard InChI is InChI=1S/C22H21N3O4/c26-20(23-13-12-16-7-2-1-3-8-16)18-10-4-5-11-19(18)25-22(28)21(27)24-15-17-9-6-14-29-17/h1-11,14H,12-13,15H2,(H,23,26)(H,24,27)(H,25,28). The van der Waals surface area contributed by atoms with E-state index in [4.69, 9.17) is 4.42 Å². The number of amides is 3. The quantitative estimate of drug-likeness (QED) is 0.539. The van der Waals surface area contributed by atoms with Gasteiger partial charge in [0, 0.05) is 6.54 Å². The molecule has 0 saturated carbocycles. The van der Waals surface area contributed by atoms with Crippen LogP contribution < -0.4 is 16.0 Å². The van der Waals surface area contributed by atoms with Gasteiger partial charge in [-0.3, -0.25) is 14.4 Å². The van der Waals surface area contributed by atoms with Gasteiger partial charge in [-0.15, -0.1) is 0 Å². The van der Waals surface area contributed by atoms with Gasteiger partial charge in [-0.25, -0.2) is 0 Å². The molecule has 0 aliphatic rings. The van der Waals surface area contributed by atoms with Gasteiger partial charge in [-0.05, 0) is 36.2 Å². The van der Waals surface area contributed by atoms with Crippen molar-refractivity contribution in [2.45, 2.75) is 13.0 Å². The van der Waals surface area contributed by atoms with Crippen LogP contribution in [0.4, 0.5) is 5.69 Å². The van der Waals surface area contributed by atoms with E-state index < -0.39 is 11.8 Å². The maximum Gasteiger partial charge on any atom is 0.313 e. The molecule has 1 heterocycles. The zero-order chi connectivity index (χ0) is 20.5. The SMILES string of the molecule is O=C(NCc1ccco1)C(=O)Nc1ccccc1C(=O)NCCc1ccccc1. The van der Waals surface area contributed by atoms with Crippen molar-refractivity contribution in [3.63, 3.8) is 0 Å². The van der Waals surface area contributed by atoms with E-state index in [9.17, 15) is 14.4 Å². The number of hydrogen-bond acceptors (Lipinski definition) is 4. The molecule has 0 radical (unpaired) electrons. The highest BCUT2D eigenvalue weighted by molar-refractivity contribution is 6.40. The van der Waals surface area contributed by atoms with Crippen molar-refractivity contribution in [1.29, 1.82) is 0 Å². The fourth-order valence-corrected chi connectivity index (χ4v) is 2.69. The molecular formula is C22H21N3O4. The lowest BCUT2D eigenvalue weighted by atomic mass is 10.1. The highest BCUT2D eigenvalue weighted by Gasteiger charge is 2.17. The minimum Gasteiger partial charge on any atom is -0.467 e. The van der Waals surface area contributed by atoms with Crippen LogP contribution in [0.1, 0.15) is 21.7 Å². The van der Waals surface area contributed by atoms with E-state index in [1.165, 1.54) is 6.26 Å². The molecule has 0 bridgehead atoms. The van der Waals surface area contributed by atoms with E-state index in [1.807, 2.05) is 30.3 Å². The van der Waals surface area contributed by atoms with Gasteiger partial charge in [-0.2, -0.15) is 0 Å². The number of carbonyl (C=O) groups is 3. The molecule has 7 heteroatoms. The summed E-state index contributed by atoms with van der Waals surface area (Å²) in [6.45, 7) is 0.551. The molecule has 0 fully saturated rings. The summed E-state index contributed by atoms with van der Waals surface area (Å²) in [6.07, 6.45) is 2.17. The summed E-state index contributed by atoms with van der Waals surface area (Å²) in [5, 5.41) is 7.78. The van der Waals surface area contributed by atoms with Crippen LogP contribution in [-0.2, 0) is 22.6 Å². The summed E-state index contributed by atoms with van der Waals surface area (Å²) in [6, 6.07) is 19.7. The van der Waals surface area contributed by atoms with Crippen molar-refractivity contribution in [3.05, 3.63) is 89.9 Å². The molecule has 1 aromatic heterocycles. The summed E-state index contributed by atoms with van der Waals surface area (Å²) < 4.78 is 5.10. The van der Waals surface area contributed by atoms with Crippen LogP contribution in [0.3, 0.4) is 0 Å². The monoisotopic (exact) mass is 391 g/mol. The lowest BCUT2D eigenvalue weighted by Gasteiger charge is -2.11. The fourth-order valence-electron chi connectivity index (χ4n) is 2.69. The average Bonchev–Trinajstić information content (AvgIpc) is 3.26. The number of anilines is 1. The van der Waals surface area contributed by atoms with Gasteiger partial charge in [0.2, 0.25) is 0 Å². The second kappa shape index (κ2) is 9.89. The van der Waals surface area contributed by atoms with E-state index in [1.54, 1.807) is 36.4 Å². The normalized spacial score (nSPS) is 10.2. The molecule has 3 amide bonds. The van der Waals surface area contributed by atoms with E-state index in [0.717, 1.165) is 5.56 Å². The highest BCUT2D eigenvalue weighted by Crippen LogP contribution is 2.15. The van der Waals surface area contributed by atoms with Gasteiger partial charge in [0.1, 0.15) is 5.76 Å². The molecular weight excluding hydrogens is 370 g/mol. The lowest BCUT2D eigenvalue weighted by molar-refractivity contribution is -0.136. The first-order valence-corrected chi connectivity index (χ1v) is 9.16. The van der Waals surface area contributed by atoms with Crippen LogP contribution in [0, 0.1) is 0 Å². The molecule has 0 atom stereocenters. The Labute approximate surface area is 168 Å². The maximum absolute atomic E-state index is 12.5. The summed E-state index contributed by atoms with van der Waals surface area (Å²) in [5.74, 6) is -1.47. The summed E-state index contributed by atoms with van der Waals surface area (Å²) in [4.78, 5) is 36.7. The minimum atomic E-state index is -0.860. The molecule has 0 spiro atoms. The average molecular weight is 391 g/mol. The Morgan fingerprint density at radius 2 is 1.55 bits per heavy atom. The zero-order valence-corrected chi connectivity index (χ0v) is 15.7. The molecule has 0 aliphatic heterocycles. The Hall–Kier alpha value is -3.87. The Bertz CT molecular complexity index is 969. The molecule has 0 aliphatic carbocycles. The Kier molecular flexibility index (Phi) is 6.78. The first kappa shape index (κ1) is 19.9.